The van der Waals surface area contributed by atoms with E-state index in [1.165, 1.54) is 56.7 Å². The highest BCUT2D eigenvalue weighted by molar-refractivity contribution is 7.89. The largest absolute Gasteiger partial charge is 0.497 e. The second-order valence-electron chi connectivity index (χ2n) is 7.67. The van der Waals surface area contributed by atoms with E-state index >= 15 is 0 Å². The van der Waals surface area contributed by atoms with Gasteiger partial charge in [0.25, 0.3) is 0 Å². The molecule has 1 saturated heterocycles. The number of anilines is 1. The van der Waals surface area contributed by atoms with Gasteiger partial charge in [-0.3, -0.25) is 0 Å². The molecule has 2 aliphatic rings. The maximum atomic E-state index is 13.2. The van der Waals surface area contributed by atoms with E-state index in [2.05, 4.69) is 15.1 Å². The molecule has 4 rings (SSSR count). The molecule has 2 heterocycles. The smallest absolute Gasteiger partial charge is 0.247 e. The molecule has 0 N–H and O–H groups in total. The van der Waals surface area contributed by atoms with Crippen LogP contribution >= 0.6 is 11.3 Å². The molecule has 0 bridgehead atoms. The molecule has 0 amide bonds. The van der Waals surface area contributed by atoms with Gasteiger partial charge in [0, 0.05) is 38.2 Å². The van der Waals surface area contributed by atoms with Crippen LogP contribution in [0.4, 0.5) is 5.13 Å². The Morgan fingerprint density at radius 2 is 1.73 bits per heavy atom. The monoisotopic (exact) mass is 452 g/mol. The maximum Gasteiger partial charge on any atom is 0.247 e. The van der Waals surface area contributed by atoms with Crippen LogP contribution in [-0.2, 0) is 10.0 Å². The highest BCUT2D eigenvalue weighted by Crippen LogP contribution is 2.36. The lowest BCUT2D eigenvalue weighted by Crippen LogP contribution is -2.48. The zero-order valence-electron chi connectivity index (χ0n) is 17.4. The molecule has 0 spiro atoms. The first-order valence-corrected chi connectivity index (χ1v) is 12.6. The first kappa shape index (κ1) is 21.3. The molecule has 30 heavy (non-hydrogen) atoms. The fourth-order valence-electron chi connectivity index (χ4n) is 4.11. The summed E-state index contributed by atoms with van der Waals surface area (Å²) in [6, 6.07) is 4.83. The van der Waals surface area contributed by atoms with Crippen LogP contribution in [0.1, 0.15) is 43.0 Å². The van der Waals surface area contributed by atoms with Crippen LogP contribution in [0.15, 0.2) is 23.1 Å². The van der Waals surface area contributed by atoms with Gasteiger partial charge in [-0.1, -0.05) is 30.6 Å². The van der Waals surface area contributed by atoms with Crippen molar-refractivity contribution in [2.45, 2.75) is 42.9 Å². The van der Waals surface area contributed by atoms with Crippen LogP contribution < -0.4 is 14.4 Å². The Labute approximate surface area is 181 Å². The number of aromatic nitrogens is 2. The third-order valence-electron chi connectivity index (χ3n) is 5.88. The number of rotatable bonds is 6. The molecule has 2 fully saturated rings. The standard InChI is InChI=1S/C20H28N4O4S2/c1-27-16-8-9-17(28-2)18(14-16)30(25,26)24-12-10-23(11-13-24)20-22-21-19(29-20)15-6-4-3-5-7-15/h8-9,14-15H,3-7,10-13H2,1-2H3. The summed E-state index contributed by atoms with van der Waals surface area (Å²) in [6.45, 7) is 1.96. The van der Waals surface area contributed by atoms with Crippen LogP contribution in [-0.4, -0.2) is 63.3 Å². The van der Waals surface area contributed by atoms with Crippen molar-refractivity contribution in [3.05, 3.63) is 23.2 Å². The molecular formula is C20H28N4O4S2. The lowest BCUT2D eigenvalue weighted by molar-refractivity contribution is 0.370. The van der Waals surface area contributed by atoms with Crippen LogP contribution in [0, 0.1) is 0 Å². The summed E-state index contributed by atoms with van der Waals surface area (Å²) in [7, 11) is -0.701. The Morgan fingerprint density at radius 3 is 2.40 bits per heavy atom. The molecule has 164 valence electrons. The van der Waals surface area contributed by atoms with E-state index in [-0.39, 0.29) is 4.90 Å². The summed E-state index contributed by atoms with van der Waals surface area (Å²) in [4.78, 5) is 2.27. The van der Waals surface area contributed by atoms with Gasteiger partial charge in [0.15, 0.2) is 0 Å². The fraction of sp³-hybridized carbons (Fsp3) is 0.600. The van der Waals surface area contributed by atoms with Crippen molar-refractivity contribution in [2.24, 2.45) is 0 Å². The molecule has 2 aromatic rings. The number of ether oxygens (including phenoxy) is 2. The van der Waals surface area contributed by atoms with Gasteiger partial charge in [0.2, 0.25) is 15.2 Å². The normalized spacial score (nSPS) is 19.1. The topological polar surface area (TPSA) is 84.9 Å². The average molecular weight is 453 g/mol. The quantitative estimate of drug-likeness (QED) is 0.666. The van der Waals surface area contributed by atoms with Crippen molar-refractivity contribution >= 4 is 26.5 Å². The Hall–Kier alpha value is -1.91. The predicted molar refractivity (Wildman–Crippen MR) is 116 cm³/mol. The second-order valence-corrected chi connectivity index (χ2v) is 10.6. The summed E-state index contributed by atoms with van der Waals surface area (Å²) in [6.07, 6.45) is 6.25. The molecule has 1 aliphatic heterocycles. The van der Waals surface area contributed by atoms with E-state index in [1.54, 1.807) is 23.5 Å². The molecule has 1 aliphatic carbocycles. The number of benzene rings is 1. The lowest BCUT2D eigenvalue weighted by atomic mass is 9.90. The lowest BCUT2D eigenvalue weighted by Gasteiger charge is -2.33. The third-order valence-corrected chi connectivity index (χ3v) is 8.95. The number of hydrogen-bond acceptors (Lipinski definition) is 8. The van der Waals surface area contributed by atoms with Gasteiger partial charge >= 0.3 is 0 Å². The zero-order chi connectivity index (χ0) is 21.1. The summed E-state index contributed by atoms with van der Waals surface area (Å²) in [5, 5.41) is 10.9. The van der Waals surface area contributed by atoms with E-state index in [9.17, 15) is 8.42 Å². The number of hydrogen-bond donors (Lipinski definition) is 0. The molecular weight excluding hydrogens is 424 g/mol. The number of sulfonamides is 1. The zero-order valence-corrected chi connectivity index (χ0v) is 19.0. The van der Waals surface area contributed by atoms with Gasteiger partial charge in [0.05, 0.1) is 14.2 Å². The van der Waals surface area contributed by atoms with Gasteiger partial charge < -0.3 is 14.4 Å². The molecule has 1 aromatic heterocycles. The van der Waals surface area contributed by atoms with Crippen LogP contribution in [0.2, 0.25) is 0 Å². The first-order chi connectivity index (χ1) is 14.5. The second kappa shape index (κ2) is 9.07. The number of methoxy groups -OCH3 is 2. The summed E-state index contributed by atoms with van der Waals surface area (Å²) >= 11 is 1.66. The molecule has 0 unspecified atom stereocenters. The van der Waals surface area contributed by atoms with Crippen molar-refractivity contribution in [3.63, 3.8) is 0 Å². The highest BCUT2D eigenvalue weighted by Gasteiger charge is 2.32. The first-order valence-electron chi connectivity index (χ1n) is 10.3. The Morgan fingerprint density at radius 1 is 1.00 bits per heavy atom. The van der Waals surface area contributed by atoms with Crippen LogP contribution in [0.5, 0.6) is 11.5 Å². The Kier molecular flexibility index (Phi) is 6.45. The van der Waals surface area contributed by atoms with E-state index in [0.29, 0.717) is 43.6 Å². The van der Waals surface area contributed by atoms with Crippen molar-refractivity contribution in [1.82, 2.24) is 14.5 Å². The molecule has 10 heteroatoms. The van der Waals surface area contributed by atoms with E-state index in [4.69, 9.17) is 9.47 Å². The molecule has 0 atom stereocenters. The van der Waals surface area contributed by atoms with Crippen molar-refractivity contribution in [1.29, 1.82) is 0 Å². The number of nitrogens with zero attached hydrogens (tertiary/aromatic N) is 4. The van der Waals surface area contributed by atoms with E-state index in [0.717, 1.165) is 10.1 Å². The van der Waals surface area contributed by atoms with Crippen LogP contribution in [0.3, 0.4) is 0 Å². The summed E-state index contributed by atoms with van der Waals surface area (Å²) in [5.41, 5.74) is 0. The Balaban J connectivity index is 1.45. The van der Waals surface area contributed by atoms with Crippen molar-refractivity contribution in [2.75, 3.05) is 45.3 Å². The van der Waals surface area contributed by atoms with Crippen LogP contribution in [0.25, 0.3) is 0 Å². The van der Waals surface area contributed by atoms with Gasteiger partial charge in [0.1, 0.15) is 21.4 Å². The van der Waals surface area contributed by atoms with E-state index in [1.807, 2.05) is 0 Å². The fourth-order valence-corrected chi connectivity index (χ4v) is 6.77. The Bertz CT molecular complexity index is 965. The minimum absolute atomic E-state index is 0.133. The number of piperazine rings is 1. The van der Waals surface area contributed by atoms with Crippen molar-refractivity contribution < 1.29 is 17.9 Å². The third kappa shape index (κ3) is 4.26. The highest BCUT2D eigenvalue weighted by atomic mass is 32.2. The minimum Gasteiger partial charge on any atom is -0.497 e. The SMILES string of the molecule is COc1ccc(OC)c(S(=O)(=O)N2CCN(c3nnc(C4CCCCC4)s3)CC2)c1. The molecule has 8 nitrogen and oxygen atoms in total. The van der Waals surface area contributed by atoms with Crippen molar-refractivity contribution in [3.8, 4) is 11.5 Å². The van der Waals surface area contributed by atoms with Gasteiger partial charge in [-0.25, -0.2) is 8.42 Å². The van der Waals surface area contributed by atoms with Gasteiger partial charge in [-0.2, -0.15) is 4.31 Å². The minimum atomic E-state index is -3.69. The molecule has 1 aromatic carbocycles. The molecule has 0 radical (unpaired) electrons. The summed E-state index contributed by atoms with van der Waals surface area (Å²) in [5.74, 6) is 1.34. The molecule has 1 saturated carbocycles. The van der Waals surface area contributed by atoms with Gasteiger partial charge in [-0.15, -0.1) is 10.2 Å². The van der Waals surface area contributed by atoms with Gasteiger partial charge in [-0.05, 0) is 25.0 Å². The van der Waals surface area contributed by atoms with E-state index < -0.39 is 10.0 Å². The average Bonchev–Trinajstić information content (AvgIpc) is 3.29. The summed E-state index contributed by atoms with van der Waals surface area (Å²) < 4.78 is 38.5. The maximum absolute atomic E-state index is 13.2. The predicted octanol–water partition coefficient (Wildman–Crippen LogP) is 3.11.